The minimum Gasteiger partial charge on any atom is -0.495 e. The predicted molar refractivity (Wildman–Crippen MR) is 85.4 cm³/mol. The van der Waals surface area contributed by atoms with Crippen molar-refractivity contribution in [3.05, 3.63) is 22.7 Å². The first-order chi connectivity index (χ1) is 9.73. The fourth-order valence-corrected chi connectivity index (χ4v) is 4.01. The average Bonchev–Trinajstić information content (AvgIpc) is 2.37. The molecule has 1 N–H and O–H groups in total. The van der Waals surface area contributed by atoms with Crippen molar-refractivity contribution in [1.82, 2.24) is 9.62 Å². The topological polar surface area (TPSA) is 58.6 Å². The molecule has 0 radical (unpaired) electrons. The van der Waals surface area contributed by atoms with Gasteiger partial charge in [-0.05, 0) is 25.1 Å². The lowest BCUT2D eigenvalue weighted by atomic mass is 10.2. The number of ether oxygens (including phenoxy) is 1. The zero-order chi connectivity index (χ0) is 16.2. The highest BCUT2D eigenvalue weighted by atomic mass is 35.5. The van der Waals surface area contributed by atoms with Gasteiger partial charge in [0, 0.05) is 30.7 Å². The van der Waals surface area contributed by atoms with E-state index in [0.29, 0.717) is 29.4 Å². The van der Waals surface area contributed by atoms with Crippen molar-refractivity contribution in [2.45, 2.75) is 25.3 Å². The van der Waals surface area contributed by atoms with Crippen molar-refractivity contribution in [2.24, 2.45) is 5.92 Å². The van der Waals surface area contributed by atoms with Gasteiger partial charge in [-0.15, -0.1) is 0 Å². The van der Waals surface area contributed by atoms with Crippen LogP contribution < -0.4 is 10.1 Å². The van der Waals surface area contributed by atoms with Crippen LogP contribution in [-0.4, -0.2) is 40.5 Å². The summed E-state index contributed by atoms with van der Waals surface area (Å²) in [6.07, 6.45) is 0. The van der Waals surface area contributed by atoms with Crippen LogP contribution in [0.25, 0.3) is 0 Å². The molecule has 5 nitrogen and oxygen atoms in total. The van der Waals surface area contributed by atoms with Gasteiger partial charge in [-0.2, -0.15) is 0 Å². The molecule has 0 amide bonds. The van der Waals surface area contributed by atoms with E-state index < -0.39 is 10.0 Å². The maximum Gasteiger partial charge on any atom is 0.246 e. The van der Waals surface area contributed by atoms with Crippen molar-refractivity contribution >= 4 is 21.6 Å². The van der Waals surface area contributed by atoms with Gasteiger partial charge in [0.15, 0.2) is 0 Å². The van der Waals surface area contributed by atoms with E-state index in [1.807, 2.05) is 13.8 Å². The molecule has 0 saturated carbocycles. The van der Waals surface area contributed by atoms with E-state index in [-0.39, 0.29) is 10.8 Å². The van der Waals surface area contributed by atoms with Crippen LogP contribution in [0.4, 0.5) is 0 Å². The maximum absolute atomic E-state index is 12.7. The molecule has 0 aliphatic rings. The normalized spacial score (nSPS) is 12.2. The van der Waals surface area contributed by atoms with Gasteiger partial charge in [0.05, 0.1) is 7.11 Å². The molecular weight excluding hydrogens is 312 g/mol. The molecule has 120 valence electrons. The second-order valence-corrected chi connectivity index (χ2v) is 7.76. The van der Waals surface area contributed by atoms with E-state index in [1.54, 1.807) is 20.2 Å². The molecule has 0 fully saturated rings. The van der Waals surface area contributed by atoms with E-state index >= 15 is 0 Å². The van der Waals surface area contributed by atoms with Gasteiger partial charge >= 0.3 is 0 Å². The number of sulfonamides is 1. The minimum atomic E-state index is -3.64. The van der Waals surface area contributed by atoms with Crippen LogP contribution in [0.3, 0.4) is 0 Å². The number of hydrogen-bond acceptors (Lipinski definition) is 4. The van der Waals surface area contributed by atoms with E-state index in [4.69, 9.17) is 16.3 Å². The van der Waals surface area contributed by atoms with Gasteiger partial charge in [-0.3, -0.25) is 0 Å². The monoisotopic (exact) mass is 334 g/mol. The first kappa shape index (κ1) is 18.2. The fourth-order valence-electron chi connectivity index (χ4n) is 2.15. The molecule has 0 aromatic heterocycles. The van der Waals surface area contributed by atoms with Gasteiger partial charge in [0.2, 0.25) is 10.0 Å². The smallest absolute Gasteiger partial charge is 0.246 e. The van der Waals surface area contributed by atoms with E-state index in [0.717, 1.165) is 0 Å². The Morgan fingerprint density at radius 2 is 2.00 bits per heavy atom. The molecule has 0 aliphatic heterocycles. The molecule has 0 aliphatic carbocycles. The number of nitrogens with zero attached hydrogens (tertiary/aromatic N) is 1. The predicted octanol–water partition coefficient (Wildman–Crippen LogP) is 2.34. The molecule has 1 aromatic carbocycles. The number of nitrogens with one attached hydrogen (secondary N) is 1. The Hall–Kier alpha value is -0.820. The van der Waals surface area contributed by atoms with Crippen molar-refractivity contribution in [3.63, 3.8) is 0 Å². The second-order valence-electron chi connectivity index (χ2n) is 5.31. The SMILES string of the molecule is CNCc1cc(Cl)cc(S(=O)(=O)N(C)CC(C)C)c1OC. The Morgan fingerprint density at radius 1 is 1.38 bits per heavy atom. The maximum atomic E-state index is 12.7. The highest BCUT2D eigenvalue weighted by Crippen LogP contribution is 2.33. The summed E-state index contributed by atoms with van der Waals surface area (Å²) < 4.78 is 32.1. The first-order valence-electron chi connectivity index (χ1n) is 6.71. The molecule has 0 bridgehead atoms. The molecule has 0 heterocycles. The second kappa shape index (κ2) is 7.45. The van der Waals surface area contributed by atoms with Gasteiger partial charge in [0.1, 0.15) is 10.6 Å². The molecule has 0 unspecified atom stereocenters. The Morgan fingerprint density at radius 3 is 2.48 bits per heavy atom. The van der Waals surface area contributed by atoms with Crippen LogP contribution in [0.2, 0.25) is 5.02 Å². The summed E-state index contributed by atoms with van der Waals surface area (Å²) in [7, 11) is 1.16. The van der Waals surface area contributed by atoms with Gasteiger partial charge in [0.25, 0.3) is 0 Å². The lowest BCUT2D eigenvalue weighted by Gasteiger charge is -2.22. The first-order valence-corrected chi connectivity index (χ1v) is 8.53. The summed E-state index contributed by atoms with van der Waals surface area (Å²) >= 11 is 6.06. The van der Waals surface area contributed by atoms with Crippen LogP contribution in [0, 0.1) is 5.92 Å². The van der Waals surface area contributed by atoms with Gasteiger partial charge < -0.3 is 10.1 Å². The van der Waals surface area contributed by atoms with Crippen molar-refractivity contribution in [2.75, 3.05) is 27.7 Å². The molecule has 7 heteroatoms. The van der Waals surface area contributed by atoms with Gasteiger partial charge in [-0.1, -0.05) is 25.4 Å². The molecule has 1 aromatic rings. The largest absolute Gasteiger partial charge is 0.495 e. The van der Waals surface area contributed by atoms with Crippen LogP contribution in [-0.2, 0) is 16.6 Å². The number of hydrogen-bond donors (Lipinski definition) is 1. The van der Waals surface area contributed by atoms with Crippen LogP contribution in [0.1, 0.15) is 19.4 Å². The zero-order valence-electron chi connectivity index (χ0n) is 13.1. The highest BCUT2D eigenvalue weighted by Gasteiger charge is 2.27. The van der Waals surface area contributed by atoms with E-state index in [2.05, 4.69) is 5.32 Å². The van der Waals surface area contributed by atoms with E-state index in [9.17, 15) is 8.42 Å². The molecule has 0 spiro atoms. The summed E-state index contributed by atoms with van der Waals surface area (Å²) in [6.45, 7) is 4.83. The standard InChI is InChI=1S/C14H23ClN2O3S/c1-10(2)9-17(4)21(18,19)13-7-12(15)6-11(8-16-3)14(13)20-5/h6-7,10,16H,8-9H2,1-5H3. The zero-order valence-corrected chi connectivity index (χ0v) is 14.7. The van der Waals surface area contributed by atoms with Crippen LogP contribution in [0.15, 0.2) is 17.0 Å². The van der Waals surface area contributed by atoms with Gasteiger partial charge in [-0.25, -0.2) is 12.7 Å². The lowest BCUT2D eigenvalue weighted by molar-refractivity contribution is 0.386. The highest BCUT2D eigenvalue weighted by molar-refractivity contribution is 7.89. The molecule has 0 saturated heterocycles. The summed E-state index contributed by atoms with van der Waals surface area (Å²) in [4.78, 5) is 0.103. The Labute approximate surface area is 132 Å². The molecule has 0 atom stereocenters. The third-order valence-electron chi connectivity index (χ3n) is 2.98. The fraction of sp³-hybridized carbons (Fsp3) is 0.571. The third-order valence-corrected chi connectivity index (χ3v) is 5.03. The summed E-state index contributed by atoms with van der Waals surface area (Å²) in [5, 5.41) is 3.35. The lowest BCUT2D eigenvalue weighted by Crippen LogP contribution is -2.31. The Bertz CT molecular complexity index is 588. The van der Waals surface area contributed by atoms with E-state index in [1.165, 1.54) is 17.5 Å². The Kier molecular flexibility index (Phi) is 6.46. The summed E-state index contributed by atoms with van der Waals surface area (Å²) in [5.41, 5.74) is 0.712. The van der Waals surface area contributed by atoms with Crippen LogP contribution >= 0.6 is 11.6 Å². The molecule has 21 heavy (non-hydrogen) atoms. The minimum absolute atomic E-state index is 0.103. The van der Waals surface area contributed by atoms with Crippen molar-refractivity contribution < 1.29 is 13.2 Å². The summed E-state index contributed by atoms with van der Waals surface area (Å²) in [6, 6.07) is 3.14. The number of halogens is 1. The van der Waals surface area contributed by atoms with Crippen LogP contribution in [0.5, 0.6) is 5.75 Å². The third kappa shape index (κ3) is 4.32. The summed E-state index contributed by atoms with van der Waals surface area (Å²) in [5.74, 6) is 0.566. The quantitative estimate of drug-likeness (QED) is 0.831. The number of methoxy groups -OCH3 is 1. The number of benzene rings is 1. The van der Waals surface area contributed by atoms with Crippen molar-refractivity contribution in [3.8, 4) is 5.75 Å². The molecular formula is C14H23ClN2O3S. The van der Waals surface area contributed by atoms with Crippen molar-refractivity contribution in [1.29, 1.82) is 0 Å². The molecule has 1 rings (SSSR count). The Balaban J connectivity index is 3.40. The average molecular weight is 335 g/mol. The number of rotatable bonds is 7.